The van der Waals surface area contributed by atoms with Gasteiger partial charge in [-0.3, -0.25) is 0 Å². The van der Waals surface area contributed by atoms with E-state index >= 15 is 0 Å². The summed E-state index contributed by atoms with van der Waals surface area (Å²) in [4.78, 5) is 12.6. The molecule has 2 aromatic carbocycles. The molecule has 0 radical (unpaired) electrons. The molecule has 0 fully saturated rings. The van der Waals surface area contributed by atoms with Gasteiger partial charge in [0.25, 0.3) is 0 Å². The number of rotatable bonds is 5. The lowest BCUT2D eigenvalue weighted by Gasteiger charge is -2.12. The van der Waals surface area contributed by atoms with E-state index in [1.54, 1.807) is 24.6 Å². The van der Waals surface area contributed by atoms with Crippen molar-refractivity contribution in [3.05, 3.63) is 58.3 Å². The highest BCUT2D eigenvalue weighted by Crippen LogP contribution is 2.32. The second-order valence-electron chi connectivity index (χ2n) is 6.66. The van der Waals surface area contributed by atoms with Crippen molar-refractivity contribution in [2.24, 2.45) is 7.05 Å². The van der Waals surface area contributed by atoms with Crippen LogP contribution in [0.1, 0.15) is 39.7 Å². The first kappa shape index (κ1) is 19.3. The van der Waals surface area contributed by atoms with Crippen molar-refractivity contribution in [1.82, 2.24) is 4.57 Å². The summed E-state index contributed by atoms with van der Waals surface area (Å²) in [5.41, 5.74) is 3.89. The standard InChI is InChI=1S/C22H22N2O4/c1-5-27-22(26)21-16-10-19(25)15(11-23)9-17(16)24(4)18(21)12-28-20-7-6-13(2)8-14(20)3/h6-10,25H,5,12H2,1-4H3. The van der Waals surface area contributed by atoms with Crippen molar-refractivity contribution >= 4 is 16.9 Å². The number of phenolic OH excluding ortho intramolecular Hbond substituents is 1. The van der Waals surface area contributed by atoms with Gasteiger partial charge in [-0.2, -0.15) is 5.26 Å². The van der Waals surface area contributed by atoms with Crippen LogP contribution in [0.4, 0.5) is 0 Å². The summed E-state index contributed by atoms with van der Waals surface area (Å²) >= 11 is 0. The molecule has 0 atom stereocenters. The largest absolute Gasteiger partial charge is 0.507 e. The molecule has 1 aromatic heterocycles. The van der Waals surface area contributed by atoms with Gasteiger partial charge in [0.05, 0.1) is 28.9 Å². The molecule has 1 N–H and O–H groups in total. The number of aromatic nitrogens is 1. The number of aromatic hydroxyl groups is 1. The zero-order valence-electron chi connectivity index (χ0n) is 16.4. The average Bonchev–Trinajstić information content (AvgIpc) is 2.91. The lowest BCUT2D eigenvalue weighted by Crippen LogP contribution is -2.11. The summed E-state index contributed by atoms with van der Waals surface area (Å²) < 4.78 is 13.0. The molecule has 1 heterocycles. The Kier molecular flexibility index (Phi) is 5.27. The van der Waals surface area contributed by atoms with Crippen LogP contribution >= 0.6 is 0 Å². The van der Waals surface area contributed by atoms with Crippen LogP contribution in [0.3, 0.4) is 0 Å². The summed E-state index contributed by atoms with van der Waals surface area (Å²) in [6.45, 7) is 6.09. The highest BCUT2D eigenvalue weighted by atomic mass is 16.5. The molecule has 0 aliphatic rings. The van der Waals surface area contributed by atoms with Crippen LogP contribution in [0.2, 0.25) is 0 Å². The third kappa shape index (κ3) is 3.39. The minimum Gasteiger partial charge on any atom is -0.507 e. The van der Waals surface area contributed by atoms with Crippen LogP contribution in [-0.2, 0) is 18.4 Å². The van der Waals surface area contributed by atoms with E-state index in [0.717, 1.165) is 16.9 Å². The van der Waals surface area contributed by atoms with Crippen molar-refractivity contribution in [3.63, 3.8) is 0 Å². The van der Waals surface area contributed by atoms with Crippen molar-refractivity contribution in [2.45, 2.75) is 27.4 Å². The van der Waals surface area contributed by atoms with Gasteiger partial charge in [0, 0.05) is 12.4 Å². The van der Waals surface area contributed by atoms with Gasteiger partial charge in [-0.25, -0.2) is 4.79 Å². The van der Waals surface area contributed by atoms with E-state index in [4.69, 9.17) is 9.47 Å². The Labute approximate surface area is 163 Å². The molecule has 6 nitrogen and oxygen atoms in total. The number of nitrogens with zero attached hydrogens (tertiary/aromatic N) is 2. The second-order valence-corrected chi connectivity index (χ2v) is 6.66. The van der Waals surface area contributed by atoms with Crippen LogP contribution in [0.25, 0.3) is 10.9 Å². The molecule has 0 saturated heterocycles. The Morgan fingerprint density at radius 3 is 2.64 bits per heavy atom. The number of ether oxygens (including phenoxy) is 2. The zero-order valence-corrected chi connectivity index (χ0v) is 16.4. The van der Waals surface area contributed by atoms with E-state index < -0.39 is 5.97 Å². The van der Waals surface area contributed by atoms with Crippen molar-refractivity contribution < 1.29 is 19.4 Å². The summed E-state index contributed by atoms with van der Waals surface area (Å²) in [6, 6.07) is 10.8. The average molecular weight is 378 g/mol. The molecule has 28 heavy (non-hydrogen) atoms. The Morgan fingerprint density at radius 1 is 1.25 bits per heavy atom. The molecule has 3 rings (SSSR count). The molecule has 0 aliphatic heterocycles. The Hall–Kier alpha value is -3.46. The number of carbonyl (C=O) groups excluding carboxylic acids is 1. The lowest BCUT2D eigenvalue weighted by atomic mass is 10.1. The molecular formula is C22H22N2O4. The number of hydrogen-bond acceptors (Lipinski definition) is 5. The molecule has 0 aliphatic carbocycles. The van der Waals surface area contributed by atoms with Gasteiger partial charge in [-0.1, -0.05) is 17.7 Å². The zero-order chi connectivity index (χ0) is 20.4. The number of esters is 1. The quantitative estimate of drug-likeness (QED) is 0.675. The van der Waals surface area contributed by atoms with Crippen LogP contribution in [-0.4, -0.2) is 22.2 Å². The van der Waals surface area contributed by atoms with E-state index in [0.29, 0.717) is 22.2 Å². The molecule has 6 heteroatoms. The predicted octanol–water partition coefficient (Wildman–Crippen LogP) is 4.13. The van der Waals surface area contributed by atoms with Gasteiger partial charge in [-0.15, -0.1) is 0 Å². The second kappa shape index (κ2) is 7.65. The molecular weight excluding hydrogens is 356 g/mol. The fourth-order valence-corrected chi connectivity index (χ4v) is 3.32. The summed E-state index contributed by atoms with van der Waals surface area (Å²) in [5, 5.41) is 19.8. The van der Waals surface area contributed by atoms with Crippen LogP contribution < -0.4 is 4.74 Å². The van der Waals surface area contributed by atoms with Crippen LogP contribution in [0.15, 0.2) is 30.3 Å². The fraction of sp³-hybridized carbons (Fsp3) is 0.273. The highest BCUT2D eigenvalue weighted by Gasteiger charge is 2.24. The fourth-order valence-electron chi connectivity index (χ4n) is 3.32. The predicted molar refractivity (Wildman–Crippen MR) is 106 cm³/mol. The monoisotopic (exact) mass is 378 g/mol. The number of benzene rings is 2. The Morgan fingerprint density at radius 2 is 2.00 bits per heavy atom. The van der Waals surface area contributed by atoms with E-state index in [9.17, 15) is 15.2 Å². The number of nitriles is 1. The van der Waals surface area contributed by atoms with Gasteiger partial charge >= 0.3 is 5.97 Å². The normalized spacial score (nSPS) is 10.7. The molecule has 3 aromatic rings. The third-order valence-electron chi connectivity index (χ3n) is 4.73. The van der Waals surface area contributed by atoms with Gasteiger partial charge < -0.3 is 19.1 Å². The van der Waals surface area contributed by atoms with E-state index in [2.05, 4.69) is 0 Å². The van der Waals surface area contributed by atoms with Gasteiger partial charge in [0.1, 0.15) is 24.2 Å². The first-order chi connectivity index (χ1) is 13.4. The maximum absolute atomic E-state index is 12.6. The Bertz CT molecular complexity index is 1110. The highest BCUT2D eigenvalue weighted by molar-refractivity contribution is 6.06. The minimum atomic E-state index is -0.489. The van der Waals surface area contributed by atoms with Crippen LogP contribution in [0.5, 0.6) is 11.5 Å². The number of fused-ring (bicyclic) bond motifs is 1. The van der Waals surface area contributed by atoms with Crippen molar-refractivity contribution in [3.8, 4) is 17.6 Å². The molecule has 0 unspecified atom stereocenters. The summed E-state index contributed by atoms with van der Waals surface area (Å²) in [6.07, 6.45) is 0. The summed E-state index contributed by atoms with van der Waals surface area (Å²) in [7, 11) is 1.80. The number of aryl methyl sites for hydroxylation is 3. The maximum Gasteiger partial charge on any atom is 0.340 e. The number of carbonyl (C=O) groups is 1. The van der Waals surface area contributed by atoms with Gasteiger partial charge in [0.15, 0.2) is 0 Å². The number of hydrogen-bond donors (Lipinski definition) is 1. The van der Waals surface area contributed by atoms with Crippen molar-refractivity contribution in [1.29, 1.82) is 5.26 Å². The maximum atomic E-state index is 12.6. The molecule has 0 bridgehead atoms. The molecule has 0 amide bonds. The Balaban J connectivity index is 2.11. The lowest BCUT2D eigenvalue weighted by molar-refractivity contribution is 0.0525. The van der Waals surface area contributed by atoms with E-state index in [-0.39, 0.29) is 24.5 Å². The van der Waals surface area contributed by atoms with Gasteiger partial charge in [-0.05, 0) is 44.5 Å². The smallest absolute Gasteiger partial charge is 0.340 e. The number of phenols is 1. The summed E-state index contributed by atoms with van der Waals surface area (Å²) in [5.74, 6) is 0.0654. The third-order valence-corrected chi connectivity index (χ3v) is 4.73. The molecule has 0 spiro atoms. The first-order valence-corrected chi connectivity index (χ1v) is 8.98. The van der Waals surface area contributed by atoms with Crippen LogP contribution in [0, 0.1) is 25.2 Å². The minimum absolute atomic E-state index is 0.144. The van der Waals surface area contributed by atoms with Gasteiger partial charge in [0.2, 0.25) is 0 Å². The van der Waals surface area contributed by atoms with E-state index in [1.165, 1.54) is 6.07 Å². The van der Waals surface area contributed by atoms with Crippen molar-refractivity contribution in [2.75, 3.05) is 6.61 Å². The van der Waals surface area contributed by atoms with E-state index in [1.807, 2.05) is 38.1 Å². The molecule has 0 saturated carbocycles. The SMILES string of the molecule is CCOC(=O)c1c(COc2ccc(C)cc2C)n(C)c2cc(C#N)c(O)cc12. The first-order valence-electron chi connectivity index (χ1n) is 8.98. The molecule has 144 valence electrons. The topological polar surface area (TPSA) is 84.5 Å².